The average molecular weight is 305 g/mol. The molecule has 0 atom stereocenters. The molecule has 0 bridgehead atoms. The highest BCUT2D eigenvalue weighted by molar-refractivity contribution is 6.00. The number of amides is 1. The van der Waals surface area contributed by atoms with Gasteiger partial charge in [0.05, 0.1) is 16.8 Å². The van der Waals surface area contributed by atoms with Crippen molar-refractivity contribution in [2.45, 2.75) is 18.3 Å². The molecule has 3 aromatic rings. The molecule has 0 spiro atoms. The van der Waals surface area contributed by atoms with Crippen LogP contribution in [-0.4, -0.2) is 25.7 Å². The number of para-hydroxylation sites is 1. The van der Waals surface area contributed by atoms with E-state index in [9.17, 15) is 4.79 Å². The van der Waals surface area contributed by atoms with E-state index in [2.05, 4.69) is 20.4 Å². The van der Waals surface area contributed by atoms with Crippen molar-refractivity contribution in [3.05, 3.63) is 66.9 Å². The van der Waals surface area contributed by atoms with E-state index < -0.39 is 5.41 Å². The molecule has 1 N–H and O–H groups in total. The molecule has 0 unspecified atom stereocenters. The Balaban J connectivity index is 1.53. The molecule has 0 saturated heterocycles. The van der Waals surface area contributed by atoms with Crippen LogP contribution in [0.15, 0.2) is 61.2 Å². The fraction of sp³-hybridized carbons (Fsp3) is 0.176. The summed E-state index contributed by atoms with van der Waals surface area (Å²) in [5.74, 6) is 0.463. The van der Waals surface area contributed by atoms with Gasteiger partial charge in [0, 0.05) is 30.9 Å². The number of carbonyl (C=O) groups is 1. The number of rotatable bonds is 4. The zero-order valence-electron chi connectivity index (χ0n) is 12.4. The lowest BCUT2D eigenvalue weighted by Gasteiger charge is -2.12. The second-order valence-electron chi connectivity index (χ2n) is 5.61. The predicted octanol–water partition coefficient (Wildman–Crippen LogP) is 2.33. The molecule has 1 amide bonds. The van der Waals surface area contributed by atoms with Gasteiger partial charge in [0.1, 0.15) is 0 Å². The minimum Gasteiger partial charge on any atom is -0.308 e. The van der Waals surface area contributed by atoms with Gasteiger partial charge < -0.3 is 5.32 Å². The van der Waals surface area contributed by atoms with Gasteiger partial charge in [-0.15, -0.1) is 0 Å². The van der Waals surface area contributed by atoms with Crippen LogP contribution < -0.4 is 5.32 Å². The molecule has 1 saturated carbocycles. The third kappa shape index (κ3) is 2.48. The highest BCUT2D eigenvalue weighted by Gasteiger charge is 2.53. The topological polar surface area (TPSA) is 72.7 Å². The van der Waals surface area contributed by atoms with Crippen LogP contribution >= 0.6 is 0 Å². The molecule has 1 aliphatic carbocycles. The standard InChI is InChI=1S/C17H15N5O/c23-16(17(7-8-17)14-12-18-9-10-19-14)20-15-6-11-22(21-15)13-4-2-1-3-5-13/h1-6,9-12H,7-8H2,(H,20,21,23). The molecule has 114 valence electrons. The molecule has 1 aromatic carbocycles. The first-order valence-electron chi connectivity index (χ1n) is 7.47. The van der Waals surface area contributed by atoms with E-state index in [0.29, 0.717) is 5.82 Å². The van der Waals surface area contributed by atoms with Gasteiger partial charge in [-0.2, -0.15) is 5.10 Å². The third-order valence-corrected chi connectivity index (χ3v) is 4.09. The summed E-state index contributed by atoms with van der Waals surface area (Å²) in [4.78, 5) is 21.0. The summed E-state index contributed by atoms with van der Waals surface area (Å²) < 4.78 is 1.73. The van der Waals surface area contributed by atoms with Crippen molar-refractivity contribution in [2.24, 2.45) is 0 Å². The first kappa shape index (κ1) is 13.6. The van der Waals surface area contributed by atoms with Gasteiger partial charge in [0.2, 0.25) is 5.91 Å². The molecule has 6 nitrogen and oxygen atoms in total. The van der Waals surface area contributed by atoms with Gasteiger partial charge in [-0.25, -0.2) is 4.68 Å². The molecule has 1 aliphatic rings. The van der Waals surface area contributed by atoms with E-state index >= 15 is 0 Å². The Morgan fingerprint density at radius 1 is 1.13 bits per heavy atom. The summed E-state index contributed by atoms with van der Waals surface area (Å²) in [6.45, 7) is 0. The number of hydrogen-bond donors (Lipinski definition) is 1. The first-order valence-corrected chi connectivity index (χ1v) is 7.47. The predicted molar refractivity (Wildman–Crippen MR) is 85.1 cm³/mol. The third-order valence-electron chi connectivity index (χ3n) is 4.09. The number of benzene rings is 1. The maximum absolute atomic E-state index is 12.6. The largest absolute Gasteiger partial charge is 0.308 e. The van der Waals surface area contributed by atoms with Crippen LogP contribution in [0.2, 0.25) is 0 Å². The molecule has 23 heavy (non-hydrogen) atoms. The highest BCUT2D eigenvalue weighted by Crippen LogP contribution is 2.47. The molecular weight excluding hydrogens is 290 g/mol. The number of nitrogens with zero attached hydrogens (tertiary/aromatic N) is 4. The van der Waals surface area contributed by atoms with Crippen molar-refractivity contribution in [2.75, 3.05) is 5.32 Å². The van der Waals surface area contributed by atoms with E-state index in [0.717, 1.165) is 24.2 Å². The van der Waals surface area contributed by atoms with Gasteiger partial charge in [0.25, 0.3) is 0 Å². The Kier molecular flexibility index (Phi) is 3.15. The molecule has 6 heteroatoms. The van der Waals surface area contributed by atoms with E-state index in [4.69, 9.17) is 0 Å². The lowest BCUT2D eigenvalue weighted by atomic mass is 10.0. The Morgan fingerprint density at radius 3 is 2.65 bits per heavy atom. The van der Waals surface area contributed by atoms with E-state index in [1.165, 1.54) is 0 Å². The first-order chi connectivity index (χ1) is 11.3. The minimum atomic E-state index is -0.551. The maximum atomic E-state index is 12.6. The van der Waals surface area contributed by atoms with E-state index in [-0.39, 0.29) is 5.91 Å². The molecular formula is C17H15N5O. The smallest absolute Gasteiger partial charge is 0.237 e. The van der Waals surface area contributed by atoms with Crippen LogP contribution in [0.3, 0.4) is 0 Å². The van der Waals surface area contributed by atoms with E-state index in [1.54, 1.807) is 29.3 Å². The normalized spacial score (nSPS) is 15.1. The number of hydrogen-bond acceptors (Lipinski definition) is 4. The van der Waals surface area contributed by atoms with Gasteiger partial charge in [-0.1, -0.05) is 18.2 Å². The highest BCUT2D eigenvalue weighted by atomic mass is 16.2. The van der Waals surface area contributed by atoms with Crippen molar-refractivity contribution in [1.29, 1.82) is 0 Å². The lowest BCUT2D eigenvalue weighted by Crippen LogP contribution is -2.29. The van der Waals surface area contributed by atoms with Gasteiger partial charge >= 0.3 is 0 Å². The lowest BCUT2D eigenvalue weighted by molar-refractivity contribution is -0.118. The second-order valence-corrected chi connectivity index (χ2v) is 5.61. The molecule has 0 aliphatic heterocycles. The summed E-state index contributed by atoms with van der Waals surface area (Å²) in [5, 5.41) is 7.30. The monoisotopic (exact) mass is 305 g/mol. The Labute approximate surface area is 133 Å². The molecule has 1 fully saturated rings. The summed E-state index contributed by atoms with van der Waals surface area (Å²) in [5.41, 5.74) is 1.12. The molecule has 2 heterocycles. The second kappa shape index (κ2) is 5.31. The Morgan fingerprint density at radius 2 is 1.96 bits per heavy atom. The zero-order chi connectivity index (χ0) is 15.7. The SMILES string of the molecule is O=C(Nc1ccn(-c2ccccc2)n1)C1(c2cnccn2)CC1. The van der Waals surface area contributed by atoms with Gasteiger partial charge in [0.15, 0.2) is 5.82 Å². The number of anilines is 1. The van der Waals surface area contributed by atoms with Gasteiger partial charge in [-0.3, -0.25) is 14.8 Å². The van der Waals surface area contributed by atoms with Crippen LogP contribution in [0.5, 0.6) is 0 Å². The number of nitrogens with one attached hydrogen (secondary N) is 1. The summed E-state index contributed by atoms with van der Waals surface area (Å²) >= 11 is 0. The zero-order valence-corrected chi connectivity index (χ0v) is 12.4. The average Bonchev–Trinajstić information content (AvgIpc) is 3.30. The molecule has 0 radical (unpaired) electrons. The van der Waals surface area contributed by atoms with Crippen LogP contribution in [0.1, 0.15) is 18.5 Å². The van der Waals surface area contributed by atoms with E-state index in [1.807, 2.05) is 36.5 Å². The van der Waals surface area contributed by atoms with Crippen LogP contribution in [-0.2, 0) is 10.2 Å². The van der Waals surface area contributed by atoms with Crippen molar-refractivity contribution in [3.8, 4) is 5.69 Å². The van der Waals surface area contributed by atoms with Crippen molar-refractivity contribution < 1.29 is 4.79 Å². The Hall–Kier alpha value is -3.02. The van der Waals surface area contributed by atoms with Crippen LogP contribution in [0.25, 0.3) is 5.69 Å². The maximum Gasteiger partial charge on any atom is 0.237 e. The van der Waals surface area contributed by atoms with Crippen molar-refractivity contribution in [1.82, 2.24) is 19.7 Å². The Bertz CT molecular complexity index is 824. The number of carbonyl (C=O) groups excluding carboxylic acids is 1. The van der Waals surface area contributed by atoms with Crippen molar-refractivity contribution in [3.63, 3.8) is 0 Å². The van der Waals surface area contributed by atoms with Crippen molar-refractivity contribution >= 4 is 11.7 Å². The van der Waals surface area contributed by atoms with Crippen LogP contribution in [0, 0.1) is 0 Å². The molecule has 4 rings (SSSR count). The summed E-state index contributed by atoms with van der Waals surface area (Å²) in [6.07, 6.45) is 8.29. The minimum absolute atomic E-state index is 0.0729. The fourth-order valence-electron chi connectivity index (χ4n) is 2.62. The molecule has 2 aromatic heterocycles. The summed E-state index contributed by atoms with van der Waals surface area (Å²) in [7, 11) is 0. The van der Waals surface area contributed by atoms with Crippen LogP contribution in [0.4, 0.5) is 5.82 Å². The summed E-state index contributed by atoms with van der Waals surface area (Å²) in [6, 6.07) is 11.6. The fourth-order valence-corrected chi connectivity index (χ4v) is 2.62. The quantitative estimate of drug-likeness (QED) is 0.803. The van der Waals surface area contributed by atoms with Gasteiger partial charge in [-0.05, 0) is 25.0 Å². The number of aromatic nitrogens is 4.